The second-order valence-electron chi connectivity index (χ2n) is 5.01. The lowest BCUT2D eigenvalue weighted by molar-refractivity contribution is -0.132. The first-order valence-electron chi connectivity index (χ1n) is 7.47. The average Bonchev–Trinajstić information content (AvgIpc) is 2.50. The van der Waals surface area contributed by atoms with Gasteiger partial charge >= 0.3 is 0 Å². The molecule has 1 atom stereocenters. The van der Waals surface area contributed by atoms with Crippen molar-refractivity contribution < 1.29 is 9.53 Å². The number of carbonyl (C=O) groups is 1. The molecule has 1 aliphatic heterocycles. The molecule has 0 aliphatic carbocycles. The molecule has 0 bridgehead atoms. The van der Waals surface area contributed by atoms with Gasteiger partial charge in [0.15, 0.2) is 0 Å². The van der Waals surface area contributed by atoms with E-state index in [1.807, 2.05) is 36.9 Å². The fourth-order valence-corrected chi connectivity index (χ4v) is 2.59. The van der Waals surface area contributed by atoms with E-state index in [4.69, 9.17) is 4.74 Å². The summed E-state index contributed by atoms with van der Waals surface area (Å²) in [4.78, 5) is 14.4. The van der Waals surface area contributed by atoms with E-state index in [9.17, 15) is 4.79 Å². The van der Waals surface area contributed by atoms with Gasteiger partial charge in [-0.2, -0.15) is 0 Å². The van der Waals surface area contributed by atoms with Gasteiger partial charge in [-0.1, -0.05) is 18.2 Å². The third-order valence-corrected chi connectivity index (χ3v) is 3.75. The van der Waals surface area contributed by atoms with Crippen LogP contribution in [0.3, 0.4) is 0 Å². The van der Waals surface area contributed by atoms with E-state index in [-0.39, 0.29) is 11.9 Å². The minimum atomic E-state index is -0.105. The Hall–Kier alpha value is -1.55. The Morgan fingerprint density at radius 1 is 1.40 bits per heavy atom. The van der Waals surface area contributed by atoms with Crippen molar-refractivity contribution in [2.24, 2.45) is 0 Å². The molecular formula is C16H24N2O2. The Balaban J connectivity index is 1.95. The van der Waals surface area contributed by atoms with Gasteiger partial charge in [0, 0.05) is 25.4 Å². The first-order valence-corrected chi connectivity index (χ1v) is 7.47. The first-order chi connectivity index (χ1) is 9.76. The fraction of sp³-hybridized carbons (Fsp3) is 0.562. The Kier molecular flexibility index (Phi) is 5.41. The lowest BCUT2D eigenvalue weighted by atomic mass is 9.97. The number of nitrogens with zero attached hydrogens (tertiary/aromatic N) is 1. The maximum atomic E-state index is 12.5. The molecule has 2 rings (SSSR count). The highest BCUT2D eigenvalue weighted by Crippen LogP contribution is 2.25. The quantitative estimate of drug-likeness (QED) is 0.811. The maximum Gasteiger partial charge on any atom is 0.245 e. The normalized spacial score (nSPS) is 17.2. The van der Waals surface area contributed by atoms with E-state index in [0.717, 1.165) is 25.1 Å². The van der Waals surface area contributed by atoms with Crippen LogP contribution in [0, 0.1) is 0 Å². The van der Waals surface area contributed by atoms with Crippen LogP contribution in [0.5, 0.6) is 0 Å². The summed E-state index contributed by atoms with van der Waals surface area (Å²) in [6.07, 6.45) is 1.82. The van der Waals surface area contributed by atoms with E-state index in [2.05, 4.69) is 11.4 Å². The zero-order valence-electron chi connectivity index (χ0n) is 12.4. The molecule has 4 nitrogen and oxygen atoms in total. The summed E-state index contributed by atoms with van der Waals surface area (Å²) in [5.74, 6) is 0.182. The average molecular weight is 276 g/mol. The van der Waals surface area contributed by atoms with Gasteiger partial charge in [0.05, 0.1) is 6.61 Å². The van der Waals surface area contributed by atoms with Crippen molar-refractivity contribution in [2.75, 3.05) is 31.6 Å². The van der Waals surface area contributed by atoms with Crippen LogP contribution in [-0.2, 0) is 16.0 Å². The monoisotopic (exact) mass is 276 g/mol. The van der Waals surface area contributed by atoms with Crippen molar-refractivity contribution in [2.45, 2.75) is 32.7 Å². The van der Waals surface area contributed by atoms with Crippen LogP contribution in [0.4, 0.5) is 5.69 Å². The summed E-state index contributed by atoms with van der Waals surface area (Å²) < 4.78 is 5.35. The summed E-state index contributed by atoms with van der Waals surface area (Å²) in [7, 11) is 0. The lowest BCUT2D eigenvalue weighted by Gasteiger charge is -2.31. The van der Waals surface area contributed by atoms with Gasteiger partial charge in [-0.05, 0) is 38.3 Å². The third kappa shape index (κ3) is 3.51. The number of para-hydroxylation sites is 1. The summed E-state index contributed by atoms with van der Waals surface area (Å²) in [5.41, 5.74) is 2.40. The standard InChI is InChI=1S/C16H24N2O2/c1-3-18(11-12-20-4-2)16(19)15-10-9-13-7-5-6-8-14(13)17-15/h5-8,15,17H,3-4,9-12H2,1-2H3. The van der Waals surface area contributed by atoms with E-state index < -0.39 is 0 Å². The number of aryl methyl sites for hydroxylation is 1. The van der Waals surface area contributed by atoms with Crippen LogP contribution in [0.2, 0.25) is 0 Å². The topological polar surface area (TPSA) is 41.6 Å². The molecule has 1 unspecified atom stereocenters. The predicted octanol–water partition coefficient (Wildman–Crippen LogP) is 2.30. The molecule has 4 heteroatoms. The van der Waals surface area contributed by atoms with Gasteiger partial charge in [-0.15, -0.1) is 0 Å². The number of nitrogens with one attached hydrogen (secondary N) is 1. The van der Waals surface area contributed by atoms with Crippen LogP contribution in [0.25, 0.3) is 0 Å². The second kappa shape index (κ2) is 7.29. The van der Waals surface area contributed by atoms with E-state index in [1.165, 1.54) is 5.56 Å². The number of fused-ring (bicyclic) bond motifs is 1. The Morgan fingerprint density at radius 3 is 2.95 bits per heavy atom. The number of anilines is 1. The van der Waals surface area contributed by atoms with E-state index >= 15 is 0 Å². The highest BCUT2D eigenvalue weighted by Gasteiger charge is 2.26. The highest BCUT2D eigenvalue weighted by atomic mass is 16.5. The number of amides is 1. The van der Waals surface area contributed by atoms with E-state index in [0.29, 0.717) is 19.8 Å². The maximum absolute atomic E-state index is 12.5. The first kappa shape index (κ1) is 14.9. The molecule has 20 heavy (non-hydrogen) atoms. The molecule has 0 fully saturated rings. The molecular weight excluding hydrogens is 252 g/mol. The number of hydrogen-bond donors (Lipinski definition) is 1. The number of carbonyl (C=O) groups excluding carboxylic acids is 1. The Labute approximate surface area is 121 Å². The van der Waals surface area contributed by atoms with Crippen molar-refractivity contribution >= 4 is 11.6 Å². The number of hydrogen-bond acceptors (Lipinski definition) is 3. The van der Waals surface area contributed by atoms with Crippen LogP contribution in [-0.4, -0.2) is 43.2 Å². The molecule has 1 aliphatic rings. The number of benzene rings is 1. The highest BCUT2D eigenvalue weighted by molar-refractivity contribution is 5.85. The largest absolute Gasteiger partial charge is 0.380 e. The van der Waals surface area contributed by atoms with Gasteiger partial charge in [-0.3, -0.25) is 4.79 Å². The van der Waals surface area contributed by atoms with Crippen molar-refractivity contribution in [1.82, 2.24) is 4.90 Å². The zero-order valence-corrected chi connectivity index (χ0v) is 12.4. The number of ether oxygens (including phenoxy) is 1. The van der Waals surface area contributed by atoms with Crippen LogP contribution < -0.4 is 5.32 Å². The van der Waals surface area contributed by atoms with Gasteiger partial charge in [0.1, 0.15) is 6.04 Å². The number of likely N-dealkylation sites (N-methyl/N-ethyl adjacent to an activating group) is 1. The second-order valence-corrected chi connectivity index (χ2v) is 5.01. The van der Waals surface area contributed by atoms with Gasteiger partial charge in [0.25, 0.3) is 0 Å². The molecule has 1 heterocycles. The smallest absolute Gasteiger partial charge is 0.245 e. The minimum Gasteiger partial charge on any atom is -0.380 e. The molecule has 1 aromatic rings. The molecule has 0 aromatic heterocycles. The third-order valence-electron chi connectivity index (χ3n) is 3.75. The molecule has 1 aromatic carbocycles. The van der Waals surface area contributed by atoms with Crippen molar-refractivity contribution in [3.8, 4) is 0 Å². The zero-order chi connectivity index (χ0) is 14.4. The van der Waals surface area contributed by atoms with Crippen molar-refractivity contribution in [1.29, 1.82) is 0 Å². The van der Waals surface area contributed by atoms with Crippen LogP contribution >= 0.6 is 0 Å². The fourth-order valence-electron chi connectivity index (χ4n) is 2.59. The predicted molar refractivity (Wildman–Crippen MR) is 80.9 cm³/mol. The molecule has 0 radical (unpaired) electrons. The van der Waals surface area contributed by atoms with Crippen LogP contribution in [0.15, 0.2) is 24.3 Å². The van der Waals surface area contributed by atoms with Gasteiger partial charge in [-0.25, -0.2) is 0 Å². The van der Waals surface area contributed by atoms with Gasteiger partial charge < -0.3 is 15.0 Å². The van der Waals surface area contributed by atoms with Crippen molar-refractivity contribution in [3.63, 3.8) is 0 Å². The molecule has 110 valence electrons. The number of rotatable bonds is 6. The van der Waals surface area contributed by atoms with Gasteiger partial charge in [0.2, 0.25) is 5.91 Å². The summed E-state index contributed by atoms with van der Waals surface area (Å²) in [6, 6.07) is 8.11. The lowest BCUT2D eigenvalue weighted by Crippen LogP contribution is -2.45. The molecule has 0 spiro atoms. The molecule has 1 N–H and O–H groups in total. The molecule has 1 amide bonds. The summed E-state index contributed by atoms with van der Waals surface area (Å²) >= 11 is 0. The SMILES string of the molecule is CCOCCN(CC)C(=O)C1CCc2ccccc2N1. The summed E-state index contributed by atoms with van der Waals surface area (Å²) in [6.45, 7) is 6.69. The van der Waals surface area contributed by atoms with E-state index in [1.54, 1.807) is 0 Å². The Morgan fingerprint density at radius 2 is 2.20 bits per heavy atom. The summed E-state index contributed by atoms with van der Waals surface area (Å²) in [5, 5.41) is 3.37. The molecule has 0 saturated heterocycles. The van der Waals surface area contributed by atoms with Crippen molar-refractivity contribution in [3.05, 3.63) is 29.8 Å². The molecule has 0 saturated carbocycles. The van der Waals surface area contributed by atoms with Crippen LogP contribution in [0.1, 0.15) is 25.8 Å². The Bertz CT molecular complexity index is 448. The minimum absolute atomic E-state index is 0.105.